The summed E-state index contributed by atoms with van der Waals surface area (Å²) in [5.41, 5.74) is 2.93. The summed E-state index contributed by atoms with van der Waals surface area (Å²) in [7, 11) is -3.82. The van der Waals surface area contributed by atoms with Crippen LogP contribution in [-0.2, 0) is 39.0 Å². The van der Waals surface area contributed by atoms with E-state index in [1.165, 1.54) is 4.90 Å². The van der Waals surface area contributed by atoms with Crippen molar-refractivity contribution >= 4 is 39.1 Å². The minimum absolute atomic E-state index is 0.0524. The Morgan fingerprint density at radius 2 is 1.60 bits per heavy atom. The molecule has 224 valence electrons. The normalized spacial score (nSPS) is 14.6. The second-order valence-electron chi connectivity index (χ2n) is 11.0. The van der Waals surface area contributed by atoms with Crippen LogP contribution in [0.15, 0.2) is 78.9 Å². The van der Waals surface area contributed by atoms with Crippen LogP contribution in [0.3, 0.4) is 0 Å². The van der Waals surface area contributed by atoms with Crippen LogP contribution in [0.25, 0.3) is 0 Å². The van der Waals surface area contributed by atoms with Crippen molar-refractivity contribution in [3.63, 3.8) is 0 Å². The van der Waals surface area contributed by atoms with Crippen molar-refractivity contribution in [2.75, 3.05) is 17.1 Å². The van der Waals surface area contributed by atoms with E-state index in [0.29, 0.717) is 17.1 Å². The second kappa shape index (κ2) is 14.7. The lowest BCUT2D eigenvalue weighted by Gasteiger charge is -2.35. The number of carbonyl (C=O) groups is 2. The zero-order valence-corrected chi connectivity index (χ0v) is 25.9. The van der Waals surface area contributed by atoms with E-state index in [4.69, 9.17) is 11.6 Å². The van der Waals surface area contributed by atoms with Gasteiger partial charge in [0.15, 0.2) is 0 Å². The highest BCUT2D eigenvalue weighted by Crippen LogP contribution is 2.25. The number of nitrogens with zero attached hydrogens (tertiary/aromatic N) is 2. The molecule has 0 aromatic heterocycles. The second-order valence-corrected chi connectivity index (χ2v) is 13.3. The Labute approximate surface area is 254 Å². The lowest BCUT2D eigenvalue weighted by molar-refractivity contribution is -0.140. The highest BCUT2D eigenvalue weighted by molar-refractivity contribution is 7.92. The Morgan fingerprint density at radius 1 is 0.929 bits per heavy atom. The van der Waals surface area contributed by atoms with Gasteiger partial charge in [0.2, 0.25) is 21.8 Å². The zero-order chi connectivity index (χ0) is 30.1. The Balaban J connectivity index is 1.74. The molecule has 9 heteroatoms. The van der Waals surface area contributed by atoms with Gasteiger partial charge in [-0.05, 0) is 54.2 Å². The van der Waals surface area contributed by atoms with Crippen LogP contribution in [0, 0.1) is 0 Å². The molecular formula is C33H40ClN3O4S. The predicted octanol–water partition coefficient (Wildman–Crippen LogP) is 5.76. The number of hydrogen-bond donors (Lipinski definition) is 1. The number of sulfonamides is 1. The quantitative estimate of drug-likeness (QED) is 0.283. The molecule has 0 saturated heterocycles. The maximum Gasteiger partial charge on any atom is 0.244 e. The van der Waals surface area contributed by atoms with Crippen LogP contribution in [-0.4, -0.2) is 50.0 Å². The Morgan fingerprint density at radius 3 is 2.26 bits per heavy atom. The van der Waals surface area contributed by atoms with E-state index in [9.17, 15) is 18.0 Å². The van der Waals surface area contributed by atoms with E-state index < -0.39 is 28.5 Å². The smallest absolute Gasteiger partial charge is 0.244 e. The summed E-state index contributed by atoms with van der Waals surface area (Å²) in [4.78, 5) is 29.8. The molecule has 3 aromatic rings. The molecule has 2 amide bonds. The van der Waals surface area contributed by atoms with Gasteiger partial charge in [0.05, 0.1) is 11.9 Å². The third-order valence-electron chi connectivity index (χ3n) is 7.79. The molecule has 1 aliphatic rings. The molecule has 42 heavy (non-hydrogen) atoms. The van der Waals surface area contributed by atoms with Gasteiger partial charge in [0.1, 0.15) is 12.6 Å². The monoisotopic (exact) mass is 609 g/mol. The van der Waals surface area contributed by atoms with E-state index >= 15 is 0 Å². The molecule has 1 atom stereocenters. The molecule has 7 nitrogen and oxygen atoms in total. The molecule has 0 unspecified atom stereocenters. The number of carbonyl (C=O) groups excluding carboxylic acids is 2. The molecule has 0 heterocycles. The molecule has 0 spiro atoms. The molecule has 4 rings (SSSR count). The van der Waals surface area contributed by atoms with Crippen molar-refractivity contribution in [2.45, 2.75) is 70.5 Å². The lowest BCUT2D eigenvalue weighted by atomic mass is 9.94. The van der Waals surface area contributed by atoms with Crippen molar-refractivity contribution < 1.29 is 18.0 Å². The van der Waals surface area contributed by atoms with Gasteiger partial charge in [-0.25, -0.2) is 8.42 Å². The van der Waals surface area contributed by atoms with E-state index in [0.717, 1.165) is 59.4 Å². The maximum absolute atomic E-state index is 14.3. The molecule has 1 fully saturated rings. The van der Waals surface area contributed by atoms with Gasteiger partial charge >= 0.3 is 0 Å². The summed E-state index contributed by atoms with van der Waals surface area (Å²) >= 11 is 6.30. The average molecular weight is 610 g/mol. The zero-order valence-electron chi connectivity index (χ0n) is 24.3. The Hall–Kier alpha value is -3.36. The molecule has 0 bridgehead atoms. The fraction of sp³-hybridized carbons (Fsp3) is 0.394. The Kier molecular flexibility index (Phi) is 11.0. The third kappa shape index (κ3) is 8.58. The fourth-order valence-electron chi connectivity index (χ4n) is 5.58. The number of nitrogens with one attached hydrogen (secondary N) is 1. The number of benzene rings is 3. The van der Waals surface area contributed by atoms with Gasteiger partial charge in [-0.2, -0.15) is 0 Å². The number of para-hydroxylation sites is 1. The number of hydrogen-bond acceptors (Lipinski definition) is 4. The van der Waals surface area contributed by atoms with Crippen LogP contribution >= 0.6 is 11.6 Å². The van der Waals surface area contributed by atoms with Crippen molar-refractivity contribution in [3.8, 4) is 0 Å². The largest absolute Gasteiger partial charge is 0.352 e. The van der Waals surface area contributed by atoms with Crippen molar-refractivity contribution in [3.05, 3.63) is 101 Å². The number of aryl methyl sites for hydroxylation is 1. The molecular weight excluding hydrogens is 570 g/mol. The maximum atomic E-state index is 14.3. The number of amides is 2. The Bertz CT molecular complexity index is 1460. The molecule has 1 saturated carbocycles. The first-order valence-corrected chi connectivity index (χ1v) is 16.8. The highest BCUT2D eigenvalue weighted by Gasteiger charge is 2.34. The summed E-state index contributed by atoms with van der Waals surface area (Å²) in [5.74, 6) is -0.702. The summed E-state index contributed by atoms with van der Waals surface area (Å²) < 4.78 is 27.3. The molecule has 1 aliphatic carbocycles. The fourth-order valence-corrected chi connectivity index (χ4v) is 6.67. The molecule has 0 radical (unpaired) electrons. The summed E-state index contributed by atoms with van der Waals surface area (Å²) in [5, 5.41) is 3.73. The first-order chi connectivity index (χ1) is 20.2. The van der Waals surface area contributed by atoms with Gasteiger partial charge in [-0.3, -0.25) is 13.9 Å². The van der Waals surface area contributed by atoms with Gasteiger partial charge in [0.25, 0.3) is 0 Å². The molecule has 1 N–H and O–H groups in total. The molecule has 3 aromatic carbocycles. The van der Waals surface area contributed by atoms with Crippen LogP contribution in [0.5, 0.6) is 0 Å². The lowest BCUT2D eigenvalue weighted by Crippen LogP contribution is -2.55. The minimum atomic E-state index is -3.82. The van der Waals surface area contributed by atoms with Gasteiger partial charge in [-0.15, -0.1) is 0 Å². The summed E-state index contributed by atoms with van der Waals surface area (Å²) in [6.45, 7) is 1.61. The van der Waals surface area contributed by atoms with Crippen molar-refractivity contribution in [2.24, 2.45) is 0 Å². The first-order valence-electron chi connectivity index (χ1n) is 14.6. The van der Waals surface area contributed by atoms with Gasteiger partial charge in [-0.1, -0.05) is 98.5 Å². The highest BCUT2D eigenvalue weighted by atomic mass is 35.5. The van der Waals surface area contributed by atoms with Gasteiger partial charge < -0.3 is 10.2 Å². The van der Waals surface area contributed by atoms with Crippen LogP contribution in [0.2, 0.25) is 5.02 Å². The number of halogens is 1. The minimum Gasteiger partial charge on any atom is -0.352 e. The summed E-state index contributed by atoms with van der Waals surface area (Å²) in [6.07, 6.45) is 7.06. The van der Waals surface area contributed by atoms with Gasteiger partial charge in [0, 0.05) is 24.0 Å². The van der Waals surface area contributed by atoms with E-state index in [2.05, 4.69) is 5.32 Å². The number of rotatable bonds is 12. The van der Waals surface area contributed by atoms with Crippen LogP contribution < -0.4 is 9.62 Å². The average Bonchev–Trinajstić information content (AvgIpc) is 2.98. The summed E-state index contributed by atoms with van der Waals surface area (Å²) in [6, 6.07) is 23.1. The SMILES string of the molecule is CCc1ccccc1N(CC(=O)N(Cc1cccc(Cl)c1)[C@@H](Cc1ccccc1)C(=O)NC1CCCCC1)S(C)(=O)=O. The van der Waals surface area contributed by atoms with Crippen molar-refractivity contribution in [1.82, 2.24) is 10.2 Å². The topological polar surface area (TPSA) is 86.8 Å². The van der Waals surface area contributed by atoms with E-state index in [1.54, 1.807) is 30.3 Å². The first kappa shape index (κ1) is 31.6. The predicted molar refractivity (Wildman–Crippen MR) is 169 cm³/mol. The van der Waals surface area contributed by atoms with Crippen LogP contribution in [0.1, 0.15) is 55.7 Å². The van der Waals surface area contributed by atoms with E-state index in [1.807, 2.05) is 55.5 Å². The number of anilines is 1. The molecule has 0 aliphatic heterocycles. The van der Waals surface area contributed by atoms with Crippen LogP contribution in [0.4, 0.5) is 5.69 Å². The standard InChI is InChI=1S/C33H40ClN3O4S/c1-3-27-16-10-11-20-30(27)37(42(2,40)41)24-32(38)36(23-26-15-12-17-28(34)21-26)31(22-25-13-6-4-7-14-25)33(39)35-29-18-8-5-9-19-29/h4,6-7,10-17,20-21,29,31H,3,5,8-9,18-19,22-24H2,1-2H3,(H,35,39)/t31-/m0/s1. The van der Waals surface area contributed by atoms with Crippen molar-refractivity contribution in [1.29, 1.82) is 0 Å². The third-order valence-corrected chi connectivity index (χ3v) is 9.15. The van der Waals surface area contributed by atoms with E-state index in [-0.39, 0.29) is 24.9 Å².